The van der Waals surface area contributed by atoms with Gasteiger partial charge in [-0.25, -0.2) is 14.8 Å². The zero-order valence-corrected chi connectivity index (χ0v) is 27.1. The number of halogens is 3. The lowest BCUT2D eigenvalue weighted by Gasteiger charge is -2.36. The zero-order chi connectivity index (χ0) is 33.4. The number of alkyl halides is 3. The third-order valence-electron chi connectivity index (χ3n) is 8.34. The van der Waals surface area contributed by atoms with Crippen molar-refractivity contribution in [1.82, 2.24) is 29.6 Å². The Morgan fingerprint density at radius 2 is 1.77 bits per heavy atom. The van der Waals surface area contributed by atoms with E-state index in [1.54, 1.807) is 37.3 Å². The largest absolute Gasteiger partial charge is 0.573 e. The van der Waals surface area contributed by atoms with Crippen LogP contribution in [-0.4, -0.2) is 81.3 Å². The lowest BCUT2D eigenvalue weighted by atomic mass is 10.2. The van der Waals surface area contributed by atoms with E-state index in [1.807, 2.05) is 6.07 Å². The summed E-state index contributed by atoms with van der Waals surface area (Å²) in [5.74, 6) is -0.0887. The van der Waals surface area contributed by atoms with Gasteiger partial charge in [-0.1, -0.05) is 24.3 Å². The molecule has 0 spiro atoms. The predicted molar refractivity (Wildman–Crippen MR) is 177 cm³/mol. The van der Waals surface area contributed by atoms with Crippen LogP contribution < -0.4 is 15.0 Å². The van der Waals surface area contributed by atoms with Crippen molar-refractivity contribution in [2.45, 2.75) is 39.1 Å². The highest BCUT2D eigenvalue weighted by Crippen LogP contribution is 2.44. The Hall–Kier alpha value is -4.76. The molecule has 250 valence electrons. The molecule has 11 nitrogen and oxygen atoms in total. The van der Waals surface area contributed by atoms with Gasteiger partial charge in [0.1, 0.15) is 23.0 Å². The van der Waals surface area contributed by atoms with E-state index in [1.165, 1.54) is 23.5 Å². The quantitative estimate of drug-likeness (QED) is 0.157. The molecule has 15 heteroatoms. The number of nitrogens with one attached hydrogen (secondary N) is 1. The Labute approximate surface area is 278 Å². The fourth-order valence-corrected chi connectivity index (χ4v) is 6.60. The van der Waals surface area contributed by atoms with Crippen LogP contribution in [-0.2, 0) is 4.74 Å². The number of hydrogen-bond donors (Lipinski definition) is 1. The molecular weight excluding hydrogens is 645 g/mol. The first kappa shape index (κ1) is 31.8. The maximum atomic E-state index is 12.8. The summed E-state index contributed by atoms with van der Waals surface area (Å²) in [6, 6.07) is 15.4. The molecule has 5 aromatic rings. The van der Waals surface area contributed by atoms with Crippen molar-refractivity contribution < 1.29 is 27.4 Å². The molecule has 0 atom stereocenters. The number of imidazole rings is 1. The van der Waals surface area contributed by atoms with E-state index < -0.39 is 12.3 Å². The van der Waals surface area contributed by atoms with Gasteiger partial charge in [0, 0.05) is 37.8 Å². The van der Waals surface area contributed by atoms with Gasteiger partial charge in [-0.3, -0.25) is 0 Å². The Kier molecular flexibility index (Phi) is 8.64. The lowest BCUT2D eigenvalue weighted by Crippen LogP contribution is -2.46. The van der Waals surface area contributed by atoms with E-state index in [2.05, 4.69) is 52.6 Å². The molecule has 0 unspecified atom stereocenters. The van der Waals surface area contributed by atoms with Crippen LogP contribution in [0.25, 0.3) is 33.1 Å². The Balaban J connectivity index is 1.25. The minimum atomic E-state index is -4.76. The van der Waals surface area contributed by atoms with Crippen molar-refractivity contribution in [1.29, 1.82) is 0 Å². The molecule has 2 aromatic carbocycles. The number of rotatable bonds is 10. The molecule has 0 amide bonds. The van der Waals surface area contributed by atoms with Crippen LogP contribution in [0.5, 0.6) is 5.75 Å². The first-order valence-electron chi connectivity index (χ1n) is 15.8. The van der Waals surface area contributed by atoms with Gasteiger partial charge in [0.15, 0.2) is 5.01 Å². The topological polar surface area (TPSA) is 111 Å². The van der Waals surface area contributed by atoms with Gasteiger partial charge in [-0.05, 0) is 74.8 Å². The fraction of sp³-hybridized carbons (Fsp3) is 0.364. The summed E-state index contributed by atoms with van der Waals surface area (Å²) < 4.78 is 49.8. The average molecular weight is 679 g/mol. The van der Waals surface area contributed by atoms with Crippen LogP contribution in [0.3, 0.4) is 0 Å². The number of carbonyl (C=O) groups is 1. The molecule has 1 saturated carbocycles. The van der Waals surface area contributed by atoms with Gasteiger partial charge >= 0.3 is 12.3 Å². The van der Waals surface area contributed by atoms with Crippen molar-refractivity contribution in [2.75, 3.05) is 49.5 Å². The van der Waals surface area contributed by atoms with Crippen LogP contribution >= 0.6 is 11.3 Å². The summed E-state index contributed by atoms with van der Waals surface area (Å²) in [6.07, 6.45) is -2.77. The molecule has 0 bridgehead atoms. The van der Waals surface area contributed by atoms with E-state index in [0.717, 1.165) is 68.0 Å². The number of esters is 1. The van der Waals surface area contributed by atoms with Crippen molar-refractivity contribution in [3.05, 3.63) is 60.3 Å². The molecule has 48 heavy (non-hydrogen) atoms. The number of benzene rings is 2. The second-order valence-electron chi connectivity index (χ2n) is 11.6. The molecule has 2 fully saturated rings. The summed E-state index contributed by atoms with van der Waals surface area (Å²) in [4.78, 5) is 26.4. The van der Waals surface area contributed by atoms with Crippen molar-refractivity contribution in [3.8, 4) is 27.8 Å². The van der Waals surface area contributed by atoms with Crippen LogP contribution in [0, 0.1) is 0 Å². The minimum absolute atomic E-state index is 0.197. The number of piperazine rings is 1. The van der Waals surface area contributed by atoms with Crippen LogP contribution in [0.1, 0.15) is 43.2 Å². The smallest absolute Gasteiger partial charge is 0.461 e. The molecular formula is C33H33F3N8O3S. The predicted octanol–water partition coefficient (Wildman–Crippen LogP) is 6.91. The highest BCUT2D eigenvalue weighted by molar-refractivity contribution is 7.18. The maximum absolute atomic E-state index is 12.8. The number of nitrogens with zero attached hydrogens (tertiary/aromatic N) is 7. The van der Waals surface area contributed by atoms with Crippen LogP contribution in [0.2, 0.25) is 0 Å². The van der Waals surface area contributed by atoms with Gasteiger partial charge in [0.2, 0.25) is 5.13 Å². The number of fused-ring (bicyclic) bond motifs is 1. The number of aromatic nitrogens is 5. The fourth-order valence-electron chi connectivity index (χ4n) is 5.87. The molecule has 0 radical (unpaired) electrons. The second-order valence-corrected chi connectivity index (χ2v) is 12.5. The van der Waals surface area contributed by atoms with E-state index in [-0.39, 0.29) is 24.1 Å². The van der Waals surface area contributed by atoms with Crippen molar-refractivity contribution in [2.24, 2.45) is 0 Å². The molecule has 1 aliphatic heterocycles. The van der Waals surface area contributed by atoms with Crippen molar-refractivity contribution >= 4 is 44.8 Å². The van der Waals surface area contributed by atoms with Crippen LogP contribution in [0.4, 0.5) is 29.7 Å². The first-order chi connectivity index (χ1) is 23.2. The summed E-state index contributed by atoms with van der Waals surface area (Å²) in [5.41, 5.74) is 4.93. The van der Waals surface area contributed by atoms with Gasteiger partial charge in [-0.15, -0.1) is 23.4 Å². The van der Waals surface area contributed by atoms with E-state index in [9.17, 15) is 18.0 Å². The number of likely N-dealkylation sites (N-methyl/N-ethyl adjacent to an activating group) is 1. The van der Waals surface area contributed by atoms with Gasteiger partial charge in [0.05, 0.1) is 29.0 Å². The summed E-state index contributed by atoms with van der Waals surface area (Å²) in [6.45, 7) is 8.68. The lowest BCUT2D eigenvalue weighted by molar-refractivity contribution is -0.274. The Morgan fingerprint density at radius 1 is 1.00 bits per heavy atom. The highest BCUT2D eigenvalue weighted by Gasteiger charge is 2.32. The Morgan fingerprint density at radius 3 is 2.46 bits per heavy atom. The third-order valence-corrected chi connectivity index (χ3v) is 9.21. The molecule has 1 saturated heterocycles. The number of anilines is 3. The second kappa shape index (κ2) is 13.0. The van der Waals surface area contributed by atoms with Crippen molar-refractivity contribution in [3.63, 3.8) is 0 Å². The third kappa shape index (κ3) is 6.78. The molecule has 2 aliphatic rings. The average Bonchev–Trinajstić information content (AvgIpc) is 3.69. The Bertz CT molecular complexity index is 1930. The highest BCUT2D eigenvalue weighted by atomic mass is 32.1. The summed E-state index contributed by atoms with van der Waals surface area (Å²) >= 11 is 1.31. The monoisotopic (exact) mass is 678 g/mol. The molecule has 1 aliphatic carbocycles. The van der Waals surface area contributed by atoms with Crippen LogP contribution in [0.15, 0.2) is 54.6 Å². The number of pyridine rings is 1. The van der Waals surface area contributed by atoms with E-state index in [4.69, 9.17) is 9.72 Å². The molecule has 7 rings (SSSR count). The SMILES string of the molecule is CCOC(=O)c1cccc(-c2nnc(Nc3cc4nc(-c5ccc(OC(F)(F)F)cc5)n(C5CC5)c4cc3N3CCN(CC)CC3)s2)n1. The summed E-state index contributed by atoms with van der Waals surface area (Å²) in [5, 5.41) is 13.3. The standard InChI is InChI=1S/C33H33F3N8O3S/c1-3-42-14-16-43(17-15-42)27-19-28-26(38-29(44(28)21-10-11-21)20-8-12-22(13-9-20)47-33(34,35)36)18-25(27)39-32-41-40-30(48-32)23-6-5-7-24(37-23)31(45)46-4-2/h5-9,12-13,18-19,21H,3-4,10-11,14-17H2,1-2H3,(H,39,41). The number of ether oxygens (including phenoxy) is 2. The molecule has 1 N–H and O–H groups in total. The summed E-state index contributed by atoms with van der Waals surface area (Å²) in [7, 11) is 0. The van der Waals surface area contributed by atoms with E-state index in [0.29, 0.717) is 27.2 Å². The normalized spacial score (nSPS) is 15.6. The van der Waals surface area contributed by atoms with Gasteiger partial charge in [0.25, 0.3) is 0 Å². The zero-order valence-electron chi connectivity index (χ0n) is 26.3. The molecule has 4 heterocycles. The molecule has 3 aromatic heterocycles. The number of carbonyl (C=O) groups excluding carboxylic acids is 1. The maximum Gasteiger partial charge on any atom is 0.573 e. The number of hydrogen-bond acceptors (Lipinski definition) is 11. The minimum Gasteiger partial charge on any atom is -0.461 e. The van der Waals surface area contributed by atoms with Gasteiger partial charge < -0.3 is 29.2 Å². The van der Waals surface area contributed by atoms with E-state index >= 15 is 0 Å². The van der Waals surface area contributed by atoms with Gasteiger partial charge in [-0.2, -0.15) is 0 Å². The first-order valence-corrected chi connectivity index (χ1v) is 16.6.